The molecule has 1 aromatic carbocycles. The van der Waals surface area contributed by atoms with Crippen LogP contribution in [0.15, 0.2) is 36.5 Å². The Kier molecular flexibility index (Phi) is 6.41. The molecule has 2 aromatic rings. The van der Waals surface area contributed by atoms with Gasteiger partial charge in [-0.25, -0.2) is 9.48 Å². The van der Waals surface area contributed by atoms with Crippen LogP contribution in [0.5, 0.6) is 0 Å². The summed E-state index contributed by atoms with van der Waals surface area (Å²) in [6.07, 6.45) is 6.08. The van der Waals surface area contributed by atoms with Gasteiger partial charge in [0.15, 0.2) is 5.69 Å². The molecule has 0 bridgehead atoms. The predicted molar refractivity (Wildman–Crippen MR) is 102 cm³/mol. The number of carbonyl (C=O) groups is 3. The summed E-state index contributed by atoms with van der Waals surface area (Å²) in [5.74, 6) is -1.22. The third-order valence-electron chi connectivity index (χ3n) is 4.73. The molecule has 2 heterocycles. The number of benzene rings is 1. The molecule has 2 N–H and O–H groups in total. The van der Waals surface area contributed by atoms with Crippen LogP contribution in [0, 0.1) is 0 Å². The van der Waals surface area contributed by atoms with E-state index in [1.54, 1.807) is 11.1 Å². The fourth-order valence-electron chi connectivity index (χ4n) is 3.20. The normalized spacial score (nSPS) is 15.0. The SMILES string of the molecule is O=C(CN1CCCCCCC1=O)NCc1cccc(-n2ccc(C(=O)O)n2)c1. The number of rotatable bonds is 6. The van der Waals surface area contributed by atoms with Gasteiger partial charge >= 0.3 is 5.97 Å². The molecule has 148 valence electrons. The molecule has 1 fully saturated rings. The molecule has 1 aromatic heterocycles. The second-order valence-corrected chi connectivity index (χ2v) is 6.88. The molecule has 1 aliphatic heterocycles. The molecule has 0 radical (unpaired) electrons. The van der Waals surface area contributed by atoms with Crippen molar-refractivity contribution in [3.05, 3.63) is 47.8 Å². The molecule has 0 unspecified atom stereocenters. The lowest BCUT2D eigenvalue weighted by Crippen LogP contribution is -2.41. The summed E-state index contributed by atoms with van der Waals surface area (Å²) >= 11 is 0. The minimum atomic E-state index is -1.08. The maximum Gasteiger partial charge on any atom is 0.356 e. The van der Waals surface area contributed by atoms with E-state index < -0.39 is 5.97 Å². The van der Waals surface area contributed by atoms with Gasteiger partial charge in [0.1, 0.15) is 0 Å². The van der Waals surface area contributed by atoms with Crippen LogP contribution in [0.25, 0.3) is 5.69 Å². The van der Waals surface area contributed by atoms with Gasteiger partial charge in [0.25, 0.3) is 0 Å². The molecule has 1 saturated heterocycles. The zero-order chi connectivity index (χ0) is 19.9. The van der Waals surface area contributed by atoms with Gasteiger partial charge in [-0.3, -0.25) is 9.59 Å². The molecular formula is C20H24N4O4. The monoisotopic (exact) mass is 384 g/mol. The number of carboxylic acids is 1. The molecule has 8 nitrogen and oxygen atoms in total. The van der Waals surface area contributed by atoms with Crippen molar-refractivity contribution in [1.82, 2.24) is 20.0 Å². The van der Waals surface area contributed by atoms with E-state index >= 15 is 0 Å². The molecule has 0 saturated carbocycles. The minimum absolute atomic E-state index is 0.0309. The van der Waals surface area contributed by atoms with E-state index in [1.165, 1.54) is 10.7 Å². The highest BCUT2D eigenvalue weighted by molar-refractivity contribution is 5.85. The van der Waals surface area contributed by atoms with E-state index in [2.05, 4.69) is 10.4 Å². The number of nitrogens with one attached hydrogen (secondary N) is 1. The summed E-state index contributed by atoms with van der Waals surface area (Å²) in [6.45, 7) is 1.04. The first-order chi connectivity index (χ1) is 13.5. The Morgan fingerprint density at radius 1 is 1.14 bits per heavy atom. The maximum atomic E-state index is 12.3. The van der Waals surface area contributed by atoms with E-state index in [9.17, 15) is 14.4 Å². The predicted octanol–water partition coefficient (Wildman–Crippen LogP) is 1.98. The summed E-state index contributed by atoms with van der Waals surface area (Å²) in [7, 11) is 0. The van der Waals surface area contributed by atoms with Crippen molar-refractivity contribution in [2.45, 2.75) is 38.6 Å². The van der Waals surface area contributed by atoms with Crippen LogP contribution in [0.3, 0.4) is 0 Å². The van der Waals surface area contributed by atoms with Crippen molar-refractivity contribution in [3.63, 3.8) is 0 Å². The van der Waals surface area contributed by atoms with Gasteiger partial charge in [-0.2, -0.15) is 5.10 Å². The molecule has 3 rings (SSSR count). The highest BCUT2D eigenvalue weighted by Crippen LogP contribution is 2.12. The van der Waals surface area contributed by atoms with Crippen LogP contribution in [0.4, 0.5) is 0 Å². The number of nitrogens with zero attached hydrogens (tertiary/aromatic N) is 3. The number of hydrogen-bond acceptors (Lipinski definition) is 4. The zero-order valence-corrected chi connectivity index (χ0v) is 15.6. The van der Waals surface area contributed by atoms with Crippen molar-refractivity contribution in [3.8, 4) is 5.69 Å². The average molecular weight is 384 g/mol. The first kappa shape index (κ1) is 19.6. The highest BCUT2D eigenvalue weighted by Gasteiger charge is 2.18. The summed E-state index contributed by atoms with van der Waals surface area (Å²) in [5, 5.41) is 15.8. The number of carbonyl (C=O) groups excluding carboxylic acids is 2. The third kappa shape index (κ3) is 5.18. The molecular weight excluding hydrogens is 360 g/mol. The first-order valence-electron chi connectivity index (χ1n) is 9.46. The molecule has 0 spiro atoms. The van der Waals surface area contributed by atoms with Gasteiger partial charge in [-0.05, 0) is 36.6 Å². The van der Waals surface area contributed by atoms with Gasteiger partial charge in [-0.1, -0.05) is 25.0 Å². The van der Waals surface area contributed by atoms with E-state index in [4.69, 9.17) is 5.11 Å². The topological polar surface area (TPSA) is 105 Å². The molecule has 0 atom stereocenters. The molecule has 8 heteroatoms. The maximum absolute atomic E-state index is 12.3. The van der Waals surface area contributed by atoms with Crippen molar-refractivity contribution < 1.29 is 19.5 Å². The number of amides is 2. The number of aromatic nitrogens is 2. The number of carboxylic acid groups (broad SMARTS) is 1. The van der Waals surface area contributed by atoms with Crippen LogP contribution in [-0.2, 0) is 16.1 Å². The van der Waals surface area contributed by atoms with Gasteiger partial charge < -0.3 is 15.3 Å². The fraction of sp³-hybridized carbons (Fsp3) is 0.400. The van der Waals surface area contributed by atoms with Crippen LogP contribution in [-0.4, -0.2) is 50.7 Å². The lowest BCUT2D eigenvalue weighted by Gasteiger charge is -2.24. The Bertz CT molecular complexity index is 861. The first-order valence-corrected chi connectivity index (χ1v) is 9.46. The van der Waals surface area contributed by atoms with Crippen molar-refractivity contribution in [2.75, 3.05) is 13.1 Å². The summed E-state index contributed by atoms with van der Waals surface area (Å²) in [6, 6.07) is 8.76. The Morgan fingerprint density at radius 3 is 2.75 bits per heavy atom. The van der Waals surface area contributed by atoms with Crippen LogP contribution in [0.2, 0.25) is 0 Å². The molecule has 0 aliphatic carbocycles. The largest absolute Gasteiger partial charge is 0.476 e. The second kappa shape index (κ2) is 9.16. The van der Waals surface area contributed by atoms with Crippen LogP contribution >= 0.6 is 0 Å². The van der Waals surface area contributed by atoms with Crippen LogP contribution < -0.4 is 5.32 Å². The second-order valence-electron chi connectivity index (χ2n) is 6.88. The number of hydrogen-bond donors (Lipinski definition) is 2. The average Bonchev–Trinajstić information content (AvgIpc) is 3.17. The summed E-state index contributed by atoms with van der Waals surface area (Å²) in [4.78, 5) is 37.0. The van der Waals surface area contributed by atoms with Crippen molar-refractivity contribution in [2.24, 2.45) is 0 Å². The third-order valence-corrected chi connectivity index (χ3v) is 4.73. The van der Waals surface area contributed by atoms with Gasteiger partial charge in [0.2, 0.25) is 11.8 Å². The summed E-state index contributed by atoms with van der Waals surface area (Å²) in [5.41, 5.74) is 1.53. The molecule has 2 amide bonds. The highest BCUT2D eigenvalue weighted by atomic mass is 16.4. The fourth-order valence-corrected chi connectivity index (χ4v) is 3.20. The Labute approximate surface area is 163 Å². The quantitative estimate of drug-likeness (QED) is 0.792. The standard InChI is InChI=1S/C20H24N4O4/c25-18(14-23-10-4-2-1-3-8-19(23)26)21-13-15-6-5-7-16(12-15)24-11-9-17(22-24)20(27)28/h5-7,9,11-12H,1-4,8,10,13-14H2,(H,21,25)(H,27,28). The minimum Gasteiger partial charge on any atom is -0.476 e. The lowest BCUT2D eigenvalue weighted by molar-refractivity contribution is -0.136. The Hall–Kier alpha value is -3.16. The van der Waals surface area contributed by atoms with Gasteiger partial charge in [0.05, 0.1) is 12.2 Å². The lowest BCUT2D eigenvalue weighted by atomic mass is 10.1. The number of aromatic carboxylic acids is 1. The Balaban J connectivity index is 1.57. The van der Waals surface area contributed by atoms with E-state index in [0.717, 1.165) is 31.2 Å². The zero-order valence-electron chi connectivity index (χ0n) is 15.6. The number of likely N-dealkylation sites (tertiary alicyclic amines) is 1. The molecule has 28 heavy (non-hydrogen) atoms. The van der Waals surface area contributed by atoms with E-state index in [0.29, 0.717) is 25.2 Å². The van der Waals surface area contributed by atoms with Crippen molar-refractivity contribution >= 4 is 17.8 Å². The van der Waals surface area contributed by atoms with Gasteiger partial charge in [0, 0.05) is 25.7 Å². The smallest absolute Gasteiger partial charge is 0.356 e. The van der Waals surface area contributed by atoms with Crippen molar-refractivity contribution in [1.29, 1.82) is 0 Å². The molecule has 1 aliphatic rings. The van der Waals surface area contributed by atoms with Crippen LogP contribution in [0.1, 0.15) is 48.2 Å². The van der Waals surface area contributed by atoms with E-state index in [1.807, 2.05) is 24.3 Å². The van der Waals surface area contributed by atoms with Gasteiger partial charge in [-0.15, -0.1) is 0 Å². The van der Waals surface area contributed by atoms with E-state index in [-0.39, 0.29) is 24.1 Å². The summed E-state index contributed by atoms with van der Waals surface area (Å²) < 4.78 is 1.48. The Morgan fingerprint density at radius 2 is 1.96 bits per heavy atom.